The second-order valence-corrected chi connectivity index (χ2v) is 4.51. The maximum Gasteiger partial charge on any atom is 0.416 e. The maximum atomic E-state index is 12.4. The van der Waals surface area contributed by atoms with E-state index in [2.05, 4.69) is 4.90 Å². The summed E-state index contributed by atoms with van der Waals surface area (Å²) in [5.74, 6) is 0.263. The van der Waals surface area contributed by atoms with Gasteiger partial charge in [-0.05, 0) is 17.7 Å². The molecule has 0 aliphatic carbocycles. The Kier molecular flexibility index (Phi) is 6.20. The highest BCUT2D eigenvalue weighted by atomic mass is 19.4. The van der Waals surface area contributed by atoms with E-state index in [1.54, 1.807) is 0 Å². The van der Waals surface area contributed by atoms with Gasteiger partial charge in [0.05, 0.1) is 5.56 Å². The molecule has 0 saturated carbocycles. The molecule has 0 N–H and O–H groups in total. The Labute approximate surface area is 117 Å². The van der Waals surface area contributed by atoms with Crippen LogP contribution < -0.4 is 0 Å². The number of halogens is 3. The number of benzene rings is 1. The van der Waals surface area contributed by atoms with Crippen molar-refractivity contribution in [1.82, 2.24) is 4.90 Å². The van der Waals surface area contributed by atoms with Crippen LogP contribution in [0.5, 0.6) is 0 Å². The Hall–Kier alpha value is -1.36. The third-order valence-corrected chi connectivity index (χ3v) is 3.10. The summed E-state index contributed by atoms with van der Waals surface area (Å²) in [7, 11) is 0. The summed E-state index contributed by atoms with van der Waals surface area (Å²) in [5, 5.41) is 0. The molecule has 0 amide bonds. The second-order valence-electron chi connectivity index (χ2n) is 4.51. The summed E-state index contributed by atoms with van der Waals surface area (Å²) in [6.45, 7) is 5.99. The second kappa shape index (κ2) is 7.43. The van der Waals surface area contributed by atoms with Gasteiger partial charge in [0.15, 0.2) is 0 Å². The Balaban J connectivity index is 0.000000956. The van der Waals surface area contributed by atoms with Crippen LogP contribution in [0.1, 0.15) is 37.8 Å². The lowest BCUT2D eigenvalue weighted by Crippen LogP contribution is -2.33. The van der Waals surface area contributed by atoms with E-state index in [4.69, 9.17) is 0 Å². The first-order valence-corrected chi connectivity index (χ1v) is 6.85. The first kappa shape index (κ1) is 16.7. The van der Waals surface area contributed by atoms with Crippen LogP contribution in [0.3, 0.4) is 0 Å². The Bertz CT molecular complexity index is 416. The largest absolute Gasteiger partial charge is 0.416 e. The number of Topliss-reactive ketones (excluding diaryl/α,β-unsaturated/α-hetero) is 1. The molecular formula is C15H20F3NO. The van der Waals surface area contributed by atoms with Crippen LogP contribution in [0, 0.1) is 0 Å². The van der Waals surface area contributed by atoms with Crippen molar-refractivity contribution in [2.45, 2.75) is 39.4 Å². The van der Waals surface area contributed by atoms with Crippen molar-refractivity contribution in [2.75, 3.05) is 13.1 Å². The fourth-order valence-electron chi connectivity index (χ4n) is 2.02. The van der Waals surface area contributed by atoms with E-state index in [-0.39, 0.29) is 5.78 Å². The number of carbonyl (C=O) groups excluding carboxylic acids is 1. The predicted octanol–water partition coefficient (Wildman–Crippen LogP) is 3.90. The van der Waals surface area contributed by atoms with Crippen LogP contribution in [0.15, 0.2) is 24.3 Å². The third-order valence-electron chi connectivity index (χ3n) is 3.10. The number of hydrogen-bond acceptors (Lipinski definition) is 2. The zero-order valence-electron chi connectivity index (χ0n) is 11.8. The van der Waals surface area contributed by atoms with E-state index in [1.165, 1.54) is 12.1 Å². The van der Waals surface area contributed by atoms with Crippen molar-refractivity contribution < 1.29 is 18.0 Å². The van der Waals surface area contributed by atoms with Crippen LogP contribution >= 0.6 is 0 Å². The highest BCUT2D eigenvalue weighted by molar-refractivity contribution is 5.79. The summed E-state index contributed by atoms with van der Waals surface area (Å²) >= 11 is 0. The standard InChI is InChI=1S/C13H14F3NO.C2H6/c14-13(15,16)11-3-1-10(2-4-11)9-17-7-5-12(18)6-8-17;1-2/h1-4H,5-9H2;1-2H3. The average Bonchev–Trinajstić information content (AvgIpc) is 2.43. The third kappa shape index (κ3) is 4.96. The fraction of sp³-hybridized carbons (Fsp3) is 0.533. The van der Waals surface area contributed by atoms with Gasteiger partial charge in [-0.3, -0.25) is 9.69 Å². The van der Waals surface area contributed by atoms with Crippen LogP contribution in [0.4, 0.5) is 13.2 Å². The van der Waals surface area contributed by atoms with Crippen LogP contribution in [-0.4, -0.2) is 23.8 Å². The molecule has 1 fully saturated rings. The van der Waals surface area contributed by atoms with E-state index in [0.29, 0.717) is 32.5 Å². The Morgan fingerprint density at radius 3 is 2.00 bits per heavy atom. The number of nitrogens with zero attached hydrogens (tertiary/aromatic N) is 1. The minimum atomic E-state index is -4.28. The lowest BCUT2D eigenvalue weighted by molar-refractivity contribution is -0.137. The molecule has 0 radical (unpaired) electrons. The minimum absolute atomic E-state index is 0.263. The summed E-state index contributed by atoms with van der Waals surface area (Å²) in [5.41, 5.74) is 0.220. The number of piperidine rings is 1. The number of likely N-dealkylation sites (tertiary alicyclic amines) is 1. The lowest BCUT2D eigenvalue weighted by atomic mass is 10.1. The van der Waals surface area contributed by atoms with Crippen molar-refractivity contribution in [3.05, 3.63) is 35.4 Å². The van der Waals surface area contributed by atoms with E-state index < -0.39 is 11.7 Å². The maximum absolute atomic E-state index is 12.4. The van der Waals surface area contributed by atoms with Gasteiger partial charge in [-0.15, -0.1) is 0 Å². The molecule has 1 saturated heterocycles. The number of alkyl halides is 3. The van der Waals surface area contributed by atoms with Crippen LogP contribution in [0.25, 0.3) is 0 Å². The van der Waals surface area contributed by atoms with Gasteiger partial charge in [0.1, 0.15) is 5.78 Å². The van der Waals surface area contributed by atoms with Crippen molar-refractivity contribution >= 4 is 5.78 Å². The molecule has 20 heavy (non-hydrogen) atoms. The minimum Gasteiger partial charge on any atom is -0.300 e. The molecule has 2 rings (SSSR count). The highest BCUT2D eigenvalue weighted by Gasteiger charge is 2.30. The van der Waals surface area contributed by atoms with E-state index >= 15 is 0 Å². The Morgan fingerprint density at radius 2 is 1.55 bits per heavy atom. The van der Waals surface area contributed by atoms with Crippen molar-refractivity contribution in [3.8, 4) is 0 Å². The SMILES string of the molecule is CC.O=C1CCN(Cc2ccc(C(F)(F)F)cc2)CC1. The predicted molar refractivity (Wildman–Crippen MR) is 72.3 cm³/mol. The summed E-state index contributed by atoms with van der Waals surface area (Å²) < 4.78 is 37.1. The van der Waals surface area contributed by atoms with Gasteiger partial charge in [0.2, 0.25) is 0 Å². The molecule has 1 aromatic rings. The van der Waals surface area contributed by atoms with Crippen molar-refractivity contribution in [2.24, 2.45) is 0 Å². The zero-order chi connectivity index (χ0) is 15.2. The normalized spacial score (nSPS) is 16.6. The first-order valence-electron chi connectivity index (χ1n) is 6.85. The molecule has 0 unspecified atom stereocenters. The molecule has 2 nitrogen and oxygen atoms in total. The van der Waals surface area contributed by atoms with Gasteiger partial charge in [0.25, 0.3) is 0 Å². The average molecular weight is 287 g/mol. The monoisotopic (exact) mass is 287 g/mol. The van der Waals surface area contributed by atoms with Gasteiger partial charge in [-0.2, -0.15) is 13.2 Å². The van der Waals surface area contributed by atoms with E-state index in [9.17, 15) is 18.0 Å². The Morgan fingerprint density at radius 1 is 1.05 bits per heavy atom. The summed E-state index contributed by atoms with van der Waals surface area (Å²) in [4.78, 5) is 13.2. The molecule has 1 aliphatic heterocycles. The number of carbonyl (C=O) groups is 1. The van der Waals surface area contributed by atoms with Gasteiger partial charge in [-0.1, -0.05) is 26.0 Å². The van der Waals surface area contributed by atoms with Gasteiger partial charge >= 0.3 is 6.18 Å². The number of ketones is 1. The summed E-state index contributed by atoms with van der Waals surface area (Å²) in [6.07, 6.45) is -3.20. The topological polar surface area (TPSA) is 20.3 Å². The molecule has 0 bridgehead atoms. The van der Waals surface area contributed by atoms with Crippen LogP contribution in [0.2, 0.25) is 0 Å². The molecule has 0 aromatic heterocycles. The van der Waals surface area contributed by atoms with Crippen molar-refractivity contribution in [3.63, 3.8) is 0 Å². The van der Waals surface area contributed by atoms with E-state index in [0.717, 1.165) is 17.7 Å². The summed E-state index contributed by atoms with van der Waals surface area (Å²) in [6, 6.07) is 5.20. The molecule has 1 heterocycles. The van der Waals surface area contributed by atoms with Gasteiger partial charge < -0.3 is 0 Å². The van der Waals surface area contributed by atoms with Crippen molar-refractivity contribution in [1.29, 1.82) is 0 Å². The molecule has 112 valence electrons. The highest BCUT2D eigenvalue weighted by Crippen LogP contribution is 2.29. The van der Waals surface area contributed by atoms with Crippen LogP contribution in [-0.2, 0) is 17.5 Å². The van der Waals surface area contributed by atoms with Gasteiger partial charge in [0, 0.05) is 32.5 Å². The first-order chi connectivity index (χ1) is 9.45. The molecule has 1 aliphatic rings. The molecule has 1 aromatic carbocycles. The zero-order valence-corrected chi connectivity index (χ0v) is 11.8. The smallest absolute Gasteiger partial charge is 0.300 e. The van der Waals surface area contributed by atoms with E-state index in [1.807, 2.05) is 13.8 Å². The molecule has 5 heteroatoms. The molecular weight excluding hydrogens is 267 g/mol. The molecule has 0 spiro atoms. The lowest BCUT2D eigenvalue weighted by Gasteiger charge is -2.25. The quantitative estimate of drug-likeness (QED) is 0.822. The number of rotatable bonds is 2. The number of hydrogen-bond donors (Lipinski definition) is 0. The molecule has 0 atom stereocenters. The van der Waals surface area contributed by atoms with Gasteiger partial charge in [-0.25, -0.2) is 0 Å². The fourth-order valence-corrected chi connectivity index (χ4v) is 2.02.